The maximum atomic E-state index is 9.41. The molecule has 1 aromatic carbocycles. The molecule has 0 aliphatic heterocycles. The van der Waals surface area contributed by atoms with Gasteiger partial charge in [-0.05, 0) is 59.7 Å². The van der Waals surface area contributed by atoms with Crippen LogP contribution in [0.5, 0.6) is 5.88 Å². The van der Waals surface area contributed by atoms with Crippen molar-refractivity contribution in [2.45, 2.75) is 32.5 Å². The van der Waals surface area contributed by atoms with Gasteiger partial charge in [0, 0.05) is 29.7 Å². The summed E-state index contributed by atoms with van der Waals surface area (Å²) >= 11 is 0. The van der Waals surface area contributed by atoms with Crippen molar-refractivity contribution in [3.8, 4) is 23.1 Å². The average Bonchev–Trinajstić information content (AvgIpc) is 3.20. The molecule has 134 valence electrons. The highest BCUT2D eigenvalue weighted by Gasteiger charge is 2.20. The van der Waals surface area contributed by atoms with E-state index in [2.05, 4.69) is 16.0 Å². The van der Waals surface area contributed by atoms with Gasteiger partial charge in [-0.2, -0.15) is 5.26 Å². The van der Waals surface area contributed by atoms with Gasteiger partial charge in [-0.25, -0.2) is 4.98 Å². The smallest absolute Gasteiger partial charge is 0.214 e. The molecule has 0 fully saturated rings. The van der Waals surface area contributed by atoms with Crippen LogP contribution < -0.4 is 4.74 Å². The van der Waals surface area contributed by atoms with Gasteiger partial charge in [-0.15, -0.1) is 0 Å². The fourth-order valence-electron chi connectivity index (χ4n) is 3.46. The summed E-state index contributed by atoms with van der Waals surface area (Å²) < 4.78 is 5.95. The van der Waals surface area contributed by atoms with E-state index in [1.807, 2.05) is 36.5 Å². The zero-order valence-electron chi connectivity index (χ0n) is 14.9. The predicted octanol–water partition coefficient (Wildman–Crippen LogP) is 3.58. The van der Waals surface area contributed by atoms with Crippen LogP contribution in [0.4, 0.5) is 0 Å². The molecule has 0 saturated heterocycles. The van der Waals surface area contributed by atoms with E-state index in [-0.39, 0.29) is 6.61 Å². The third kappa shape index (κ3) is 3.67. The number of hydrogen-bond acceptors (Lipinski definition) is 5. The summed E-state index contributed by atoms with van der Waals surface area (Å²) in [6.07, 6.45) is 6.50. The van der Waals surface area contributed by atoms with Gasteiger partial charge >= 0.3 is 0 Å². The lowest BCUT2D eigenvalue weighted by Crippen LogP contribution is -2.01. The summed E-state index contributed by atoms with van der Waals surface area (Å²) in [5, 5.41) is 18.4. The molecule has 1 aliphatic rings. The van der Waals surface area contributed by atoms with E-state index in [9.17, 15) is 5.11 Å². The molecule has 1 N–H and O–H groups in total. The van der Waals surface area contributed by atoms with Crippen LogP contribution in [0.1, 0.15) is 34.4 Å². The van der Waals surface area contributed by atoms with Gasteiger partial charge in [0.25, 0.3) is 0 Å². The first-order chi connectivity index (χ1) is 13.3. The van der Waals surface area contributed by atoms with Crippen molar-refractivity contribution in [3.63, 3.8) is 0 Å². The van der Waals surface area contributed by atoms with E-state index in [1.54, 1.807) is 12.3 Å². The van der Waals surface area contributed by atoms with Crippen LogP contribution >= 0.6 is 0 Å². The van der Waals surface area contributed by atoms with Gasteiger partial charge in [-0.1, -0.05) is 12.1 Å². The van der Waals surface area contributed by atoms with Crippen LogP contribution in [-0.2, 0) is 26.1 Å². The summed E-state index contributed by atoms with van der Waals surface area (Å²) in [4.78, 5) is 8.93. The Hall–Kier alpha value is -3.23. The molecule has 0 radical (unpaired) electrons. The van der Waals surface area contributed by atoms with E-state index < -0.39 is 0 Å². The molecule has 0 bridgehead atoms. The van der Waals surface area contributed by atoms with Gasteiger partial charge in [0.05, 0.1) is 18.2 Å². The number of aryl methyl sites for hydroxylation is 1. The molecule has 1 aliphatic carbocycles. The number of pyridine rings is 2. The van der Waals surface area contributed by atoms with Crippen LogP contribution in [0.3, 0.4) is 0 Å². The minimum atomic E-state index is -0.0350. The zero-order valence-corrected chi connectivity index (χ0v) is 14.9. The van der Waals surface area contributed by atoms with Crippen molar-refractivity contribution in [2.75, 3.05) is 0 Å². The summed E-state index contributed by atoms with van der Waals surface area (Å²) in [6, 6.07) is 13.4. The molecule has 2 heterocycles. The normalized spacial score (nSPS) is 12.4. The third-order valence-electron chi connectivity index (χ3n) is 4.76. The third-order valence-corrected chi connectivity index (χ3v) is 4.76. The summed E-state index contributed by atoms with van der Waals surface area (Å²) in [6.45, 7) is 0.322. The van der Waals surface area contributed by atoms with Crippen molar-refractivity contribution in [2.24, 2.45) is 0 Å². The zero-order chi connectivity index (χ0) is 18.6. The van der Waals surface area contributed by atoms with Crippen molar-refractivity contribution in [1.82, 2.24) is 9.97 Å². The second-order valence-electron chi connectivity index (χ2n) is 6.63. The minimum Gasteiger partial charge on any atom is -0.473 e. The second kappa shape index (κ2) is 7.56. The fourth-order valence-corrected chi connectivity index (χ4v) is 3.46. The predicted molar refractivity (Wildman–Crippen MR) is 101 cm³/mol. The van der Waals surface area contributed by atoms with Gasteiger partial charge in [0.15, 0.2) is 0 Å². The Balaban J connectivity index is 1.65. The topological polar surface area (TPSA) is 79.0 Å². The van der Waals surface area contributed by atoms with Gasteiger partial charge in [0.1, 0.15) is 6.61 Å². The number of nitrogens with zero attached hydrogens (tertiary/aromatic N) is 3. The van der Waals surface area contributed by atoms with Crippen LogP contribution in [0.2, 0.25) is 0 Å². The number of nitriles is 1. The number of aliphatic hydroxyl groups excluding tert-OH is 1. The fraction of sp³-hybridized carbons (Fsp3) is 0.227. The Morgan fingerprint density at radius 3 is 2.89 bits per heavy atom. The maximum absolute atomic E-state index is 9.41. The van der Waals surface area contributed by atoms with E-state index in [0.717, 1.165) is 47.2 Å². The van der Waals surface area contributed by atoms with Crippen molar-refractivity contribution < 1.29 is 9.84 Å². The Kier molecular flexibility index (Phi) is 4.82. The van der Waals surface area contributed by atoms with Crippen molar-refractivity contribution in [1.29, 1.82) is 5.26 Å². The van der Waals surface area contributed by atoms with Crippen LogP contribution in [-0.4, -0.2) is 15.1 Å². The molecule has 0 amide bonds. The number of fused-ring (bicyclic) bond motifs is 1. The molecule has 5 heteroatoms. The number of aliphatic hydroxyl groups is 1. The Morgan fingerprint density at radius 1 is 1.11 bits per heavy atom. The number of hydrogen-bond donors (Lipinski definition) is 1. The van der Waals surface area contributed by atoms with Crippen molar-refractivity contribution >= 4 is 0 Å². The molecule has 3 aromatic rings. The number of ether oxygens (including phenoxy) is 1. The molecule has 0 spiro atoms. The van der Waals surface area contributed by atoms with E-state index >= 15 is 0 Å². The summed E-state index contributed by atoms with van der Waals surface area (Å²) in [7, 11) is 0. The molecule has 0 saturated carbocycles. The highest BCUT2D eigenvalue weighted by molar-refractivity contribution is 5.69. The molecule has 4 rings (SSSR count). The van der Waals surface area contributed by atoms with E-state index in [4.69, 9.17) is 10.00 Å². The van der Waals surface area contributed by atoms with Gasteiger partial charge < -0.3 is 9.84 Å². The number of benzene rings is 1. The lowest BCUT2D eigenvalue weighted by Gasteiger charge is -2.13. The quantitative estimate of drug-likeness (QED) is 0.755. The summed E-state index contributed by atoms with van der Waals surface area (Å²) in [5.41, 5.74) is 6.69. The van der Waals surface area contributed by atoms with Crippen LogP contribution in [0.25, 0.3) is 11.1 Å². The van der Waals surface area contributed by atoms with E-state index in [0.29, 0.717) is 18.1 Å². The Labute approximate surface area is 157 Å². The van der Waals surface area contributed by atoms with Gasteiger partial charge in [-0.3, -0.25) is 4.98 Å². The molecular weight excluding hydrogens is 338 g/mol. The van der Waals surface area contributed by atoms with Crippen LogP contribution in [0, 0.1) is 11.3 Å². The standard InChI is InChI=1S/C22H19N3O2/c23-10-15-3-1-4-16(7-15)14-27-22-9-20(19-5-2-6-21(19)25-22)18-8-17(13-26)11-24-12-18/h1,3-4,7-9,11-12,26H,2,5-6,13-14H2. The molecule has 0 unspecified atom stereocenters. The highest BCUT2D eigenvalue weighted by Crippen LogP contribution is 2.34. The average molecular weight is 357 g/mol. The molecule has 5 nitrogen and oxygen atoms in total. The highest BCUT2D eigenvalue weighted by atomic mass is 16.5. The second-order valence-corrected chi connectivity index (χ2v) is 6.63. The molecule has 2 aromatic heterocycles. The summed E-state index contributed by atoms with van der Waals surface area (Å²) in [5.74, 6) is 0.572. The lowest BCUT2D eigenvalue weighted by atomic mass is 10.00. The first-order valence-electron chi connectivity index (χ1n) is 8.96. The Morgan fingerprint density at radius 2 is 2.04 bits per heavy atom. The molecule has 0 atom stereocenters. The Bertz CT molecular complexity index is 1020. The number of aromatic nitrogens is 2. The maximum Gasteiger partial charge on any atom is 0.214 e. The first-order valence-corrected chi connectivity index (χ1v) is 8.96. The molecule has 27 heavy (non-hydrogen) atoms. The SMILES string of the molecule is N#Cc1cccc(COc2cc(-c3cncc(CO)c3)c3c(n2)CCC3)c1. The number of rotatable bonds is 5. The van der Waals surface area contributed by atoms with E-state index in [1.165, 1.54) is 5.56 Å². The largest absolute Gasteiger partial charge is 0.473 e. The van der Waals surface area contributed by atoms with Crippen molar-refractivity contribution in [3.05, 3.63) is 76.7 Å². The minimum absolute atomic E-state index is 0.0350. The lowest BCUT2D eigenvalue weighted by molar-refractivity contribution is 0.281. The molecular formula is C22H19N3O2. The van der Waals surface area contributed by atoms with Gasteiger partial charge in [0.2, 0.25) is 5.88 Å². The monoisotopic (exact) mass is 357 g/mol. The van der Waals surface area contributed by atoms with Crippen LogP contribution in [0.15, 0.2) is 48.8 Å². The first kappa shape index (κ1) is 17.2.